The van der Waals surface area contributed by atoms with Crippen molar-refractivity contribution >= 4 is 0 Å². The monoisotopic (exact) mass is 207 g/mol. The molecule has 1 saturated carbocycles. The van der Waals surface area contributed by atoms with Crippen molar-refractivity contribution in [2.75, 3.05) is 13.2 Å². The van der Waals surface area contributed by atoms with Gasteiger partial charge in [-0.05, 0) is 44.4 Å². The van der Waals surface area contributed by atoms with E-state index in [2.05, 4.69) is 24.4 Å². The van der Waals surface area contributed by atoms with Crippen LogP contribution in [-0.2, 0) is 4.74 Å². The molecule has 1 saturated heterocycles. The van der Waals surface area contributed by atoms with Crippen LogP contribution < -0.4 is 5.32 Å². The second-order valence-electron chi connectivity index (χ2n) is 5.63. The molecular weight excluding hydrogens is 186 g/mol. The largest absolute Gasteiger partial charge is 0.374 e. The maximum absolute atomic E-state index is 5.79. The SMILES string of the molecule is CC1(CNC2CC3CC=CC32)CCCO1. The summed E-state index contributed by atoms with van der Waals surface area (Å²) in [5, 5.41) is 3.70. The van der Waals surface area contributed by atoms with Crippen molar-refractivity contribution in [1.29, 1.82) is 0 Å². The summed E-state index contributed by atoms with van der Waals surface area (Å²) in [6.07, 6.45) is 9.89. The molecule has 15 heavy (non-hydrogen) atoms. The van der Waals surface area contributed by atoms with Crippen LogP contribution in [0.1, 0.15) is 32.6 Å². The first-order chi connectivity index (χ1) is 7.27. The molecule has 0 radical (unpaired) electrons. The van der Waals surface area contributed by atoms with Crippen LogP contribution in [0.4, 0.5) is 0 Å². The molecule has 84 valence electrons. The van der Waals surface area contributed by atoms with Crippen LogP contribution in [0.25, 0.3) is 0 Å². The third-order valence-corrected chi connectivity index (χ3v) is 4.40. The van der Waals surface area contributed by atoms with Crippen LogP contribution in [-0.4, -0.2) is 24.8 Å². The van der Waals surface area contributed by atoms with Gasteiger partial charge in [0.05, 0.1) is 5.60 Å². The molecule has 1 aliphatic heterocycles. The molecular formula is C13H21NO. The normalized spacial score (nSPS) is 47.9. The Morgan fingerprint density at radius 1 is 1.53 bits per heavy atom. The molecule has 2 heteroatoms. The summed E-state index contributed by atoms with van der Waals surface area (Å²) in [5.74, 6) is 1.79. The van der Waals surface area contributed by atoms with E-state index < -0.39 is 0 Å². The molecule has 0 bridgehead atoms. The van der Waals surface area contributed by atoms with Gasteiger partial charge in [0.15, 0.2) is 0 Å². The Bertz CT molecular complexity index is 268. The lowest BCUT2D eigenvalue weighted by molar-refractivity contribution is 0.0110. The van der Waals surface area contributed by atoms with Crippen molar-refractivity contribution in [3.8, 4) is 0 Å². The van der Waals surface area contributed by atoms with Crippen LogP contribution in [0, 0.1) is 11.8 Å². The number of rotatable bonds is 3. The van der Waals surface area contributed by atoms with Gasteiger partial charge in [0.25, 0.3) is 0 Å². The molecule has 2 nitrogen and oxygen atoms in total. The molecule has 1 N–H and O–H groups in total. The van der Waals surface area contributed by atoms with E-state index in [1.54, 1.807) is 0 Å². The molecule has 0 aromatic heterocycles. The molecule has 4 unspecified atom stereocenters. The number of nitrogens with one attached hydrogen (secondary N) is 1. The molecule has 2 aliphatic carbocycles. The standard InChI is InChI=1S/C13H21NO/c1-13(6-3-7-15-13)9-14-12-8-10-4-2-5-11(10)12/h2,5,10-12,14H,3-4,6-9H2,1H3. The van der Waals surface area contributed by atoms with Gasteiger partial charge in [-0.1, -0.05) is 12.2 Å². The second-order valence-corrected chi connectivity index (χ2v) is 5.63. The van der Waals surface area contributed by atoms with Crippen LogP contribution in [0.5, 0.6) is 0 Å². The first-order valence-corrected chi connectivity index (χ1v) is 6.31. The predicted octanol–water partition coefficient (Wildman–Crippen LogP) is 2.11. The lowest BCUT2D eigenvalue weighted by atomic mass is 9.71. The molecule has 3 aliphatic rings. The first kappa shape index (κ1) is 9.86. The fourth-order valence-electron chi connectivity index (χ4n) is 3.27. The average Bonchev–Trinajstić information content (AvgIpc) is 2.75. The summed E-state index contributed by atoms with van der Waals surface area (Å²) in [6, 6.07) is 0.731. The van der Waals surface area contributed by atoms with Crippen molar-refractivity contribution < 1.29 is 4.74 Å². The van der Waals surface area contributed by atoms with Gasteiger partial charge in [-0.25, -0.2) is 0 Å². The molecule has 0 aromatic carbocycles. The Morgan fingerprint density at radius 3 is 3.20 bits per heavy atom. The Balaban J connectivity index is 1.48. The van der Waals surface area contributed by atoms with E-state index in [0.717, 1.165) is 31.0 Å². The minimum Gasteiger partial charge on any atom is -0.374 e. The molecule has 0 aromatic rings. The average molecular weight is 207 g/mol. The predicted molar refractivity (Wildman–Crippen MR) is 60.7 cm³/mol. The number of hydrogen-bond acceptors (Lipinski definition) is 2. The quantitative estimate of drug-likeness (QED) is 0.716. The molecule has 3 rings (SSSR count). The zero-order valence-electron chi connectivity index (χ0n) is 9.54. The van der Waals surface area contributed by atoms with Crippen LogP contribution >= 0.6 is 0 Å². The summed E-state index contributed by atoms with van der Waals surface area (Å²) >= 11 is 0. The van der Waals surface area contributed by atoms with Gasteiger partial charge in [0.2, 0.25) is 0 Å². The maximum Gasteiger partial charge on any atom is 0.0779 e. The topological polar surface area (TPSA) is 21.3 Å². The van der Waals surface area contributed by atoms with Crippen molar-refractivity contribution in [1.82, 2.24) is 5.32 Å². The number of fused-ring (bicyclic) bond motifs is 1. The fourth-order valence-corrected chi connectivity index (χ4v) is 3.27. The summed E-state index contributed by atoms with van der Waals surface area (Å²) < 4.78 is 5.79. The van der Waals surface area contributed by atoms with E-state index in [1.807, 2.05) is 0 Å². The maximum atomic E-state index is 5.79. The zero-order chi connectivity index (χ0) is 10.3. The third-order valence-electron chi connectivity index (χ3n) is 4.40. The van der Waals surface area contributed by atoms with E-state index in [-0.39, 0.29) is 5.60 Å². The van der Waals surface area contributed by atoms with Crippen LogP contribution in [0.3, 0.4) is 0 Å². The van der Waals surface area contributed by atoms with E-state index in [4.69, 9.17) is 4.74 Å². The van der Waals surface area contributed by atoms with Gasteiger partial charge in [-0.2, -0.15) is 0 Å². The number of hydrogen-bond donors (Lipinski definition) is 1. The van der Waals surface area contributed by atoms with Gasteiger partial charge in [0, 0.05) is 19.2 Å². The zero-order valence-corrected chi connectivity index (χ0v) is 9.54. The highest BCUT2D eigenvalue weighted by Gasteiger charge is 2.41. The highest BCUT2D eigenvalue weighted by molar-refractivity contribution is 5.13. The molecule has 1 heterocycles. The highest BCUT2D eigenvalue weighted by Crippen LogP contribution is 2.42. The fraction of sp³-hybridized carbons (Fsp3) is 0.846. The summed E-state index contributed by atoms with van der Waals surface area (Å²) in [5.41, 5.74) is 0.118. The van der Waals surface area contributed by atoms with E-state index in [1.165, 1.54) is 25.7 Å². The van der Waals surface area contributed by atoms with Crippen LogP contribution in [0.2, 0.25) is 0 Å². The van der Waals surface area contributed by atoms with E-state index in [0.29, 0.717) is 0 Å². The lowest BCUT2D eigenvalue weighted by Crippen LogP contribution is -2.52. The van der Waals surface area contributed by atoms with Gasteiger partial charge >= 0.3 is 0 Å². The number of ether oxygens (including phenoxy) is 1. The summed E-state index contributed by atoms with van der Waals surface area (Å²) in [7, 11) is 0. The minimum absolute atomic E-state index is 0.118. The van der Waals surface area contributed by atoms with Crippen molar-refractivity contribution in [2.24, 2.45) is 11.8 Å². The van der Waals surface area contributed by atoms with Gasteiger partial charge < -0.3 is 10.1 Å². The van der Waals surface area contributed by atoms with Crippen molar-refractivity contribution in [3.05, 3.63) is 12.2 Å². The van der Waals surface area contributed by atoms with Crippen molar-refractivity contribution in [2.45, 2.75) is 44.2 Å². The summed E-state index contributed by atoms with van der Waals surface area (Å²) in [6.45, 7) is 4.23. The third kappa shape index (κ3) is 1.74. The van der Waals surface area contributed by atoms with Gasteiger partial charge in [-0.15, -0.1) is 0 Å². The second kappa shape index (κ2) is 3.60. The molecule has 2 fully saturated rings. The first-order valence-electron chi connectivity index (χ1n) is 6.31. The Labute approximate surface area is 92.1 Å². The Hall–Kier alpha value is -0.340. The number of allylic oxidation sites excluding steroid dienone is 1. The van der Waals surface area contributed by atoms with Gasteiger partial charge in [0.1, 0.15) is 0 Å². The van der Waals surface area contributed by atoms with Crippen molar-refractivity contribution in [3.63, 3.8) is 0 Å². The molecule has 0 spiro atoms. The van der Waals surface area contributed by atoms with Crippen LogP contribution in [0.15, 0.2) is 12.2 Å². The lowest BCUT2D eigenvalue weighted by Gasteiger charge is -2.42. The van der Waals surface area contributed by atoms with E-state index in [9.17, 15) is 0 Å². The van der Waals surface area contributed by atoms with Gasteiger partial charge in [-0.3, -0.25) is 0 Å². The Morgan fingerprint density at radius 2 is 2.47 bits per heavy atom. The van der Waals surface area contributed by atoms with E-state index >= 15 is 0 Å². The summed E-state index contributed by atoms with van der Waals surface area (Å²) in [4.78, 5) is 0. The smallest absolute Gasteiger partial charge is 0.0779 e. The molecule has 4 atom stereocenters. The molecule has 0 amide bonds. The highest BCUT2D eigenvalue weighted by atomic mass is 16.5. The Kier molecular flexibility index (Phi) is 2.37. The minimum atomic E-state index is 0.118.